The molecule has 4 heteroatoms. The van der Waals surface area contributed by atoms with Crippen molar-refractivity contribution < 1.29 is 4.79 Å². The number of rotatable bonds is 6. The molecule has 0 aromatic heterocycles. The molecule has 1 unspecified atom stereocenters. The Hall–Kier alpha value is -0.0900. The fourth-order valence-corrected chi connectivity index (χ4v) is 2.39. The maximum absolute atomic E-state index is 11.3. The second-order valence-corrected chi connectivity index (χ2v) is 4.99. The SMILES string of the molecule is CCCN1CCC(CNC(=O)CCBr)C1. The first kappa shape index (κ1) is 13.0. The molecule has 0 saturated carbocycles. The van der Waals surface area contributed by atoms with E-state index < -0.39 is 0 Å². The highest BCUT2D eigenvalue weighted by atomic mass is 79.9. The normalized spacial score (nSPS) is 21.9. The average molecular weight is 277 g/mol. The van der Waals surface area contributed by atoms with E-state index in [-0.39, 0.29) is 5.91 Å². The maximum Gasteiger partial charge on any atom is 0.220 e. The third-order valence-electron chi connectivity index (χ3n) is 2.82. The minimum absolute atomic E-state index is 0.167. The first-order valence-electron chi connectivity index (χ1n) is 5.81. The summed E-state index contributed by atoms with van der Waals surface area (Å²) >= 11 is 3.26. The summed E-state index contributed by atoms with van der Waals surface area (Å²) in [4.78, 5) is 13.7. The monoisotopic (exact) mass is 276 g/mol. The van der Waals surface area contributed by atoms with Gasteiger partial charge in [0, 0.05) is 24.8 Å². The molecule has 0 radical (unpaired) electrons. The van der Waals surface area contributed by atoms with Crippen molar-refractivity contribution in [2.45, 2.75) is 26.2 Å². The summed E-state index contributed by atoms with van der Waals surface area (Å²) < 4.78 is 0. The van der Waals surface area contributed by atoms with Gasteiger partial charge in [-0.25, -0.2) is 0 Å². The van der Waals surface area contributed by atoms with Gasteiger partial charge in [-0.1, -0.05) is 22.9 Å². The fraction of sp³-hybridized carbons (Fsp3) is 0.909. The molecule has 0 aromatic carbocycles. The average Bonchev–Trinajstić information content (AvgIpc) is 2.64. The van der Waals surface area contributed by atoms with E-state index in [0.29, 0.717) is 12.3 Å². The number of nitrogens with one attached hydrogen (secondary N) is 1. The number of hydrogen-bond acceptors (Lipinski definition) is 2. The van der Waals surface area contributed by atoms with Gasteiger partial charge >= 0.3 is 0 Å². The van der Waals surface area contributed by atoms with Gasteiger partial charge in [0.05, 0.1) is 0 Å². The van der Waals surface area contributed by atoms with Crippen LogP contribution in [0.15, 0.2) is 0 Å². The number of hydrogen-bond donors (Lipinski definition) is 1. The van der Waals surface area contributed by atoms with Crippen LogP contribution in [-0.2, 0) is 4.79 Å². The molecular weight excluding hydrogens is 256 g/mol. The maximum atomic E-state index is 11.3. The minimum atomic E-state index is 0.167. The molecule has 0 aromatic rings. The Labute approximate surface area is 101 Å². The van der Waals surface area contributed by atoms with Gasteiger partial charge in [-0.05, 0) is 31.8 Å². The molecule has 0 bridgehead atoms. The summed E-state index contributed by atoms with van der Waals surface area (Å²) in [6, 6.07) is 0. The molecule has 1 atom stereocenters. The summed E-state index contributed by atoms with van der Waals surface area (Å²) in [5.41, 5.74) is 0. The van der Waals surface area contributed by atoms with Crippen LogP contribution in [0.5, 0.6) is 0 Å². The van der Waals surface area contributed by atoms with Gasteiger partial charge in [-0.15, -0.1) is 0 Å². The molecule has 1 heterocycles. The molecular formula is C11H21BrN2O. The van der Waals surface area contributed by atoms with Crippen LogP contribution in [0, 0.1) is 5.92 Å². The summed E-state index contributed by atoms with van der Waals surface area (Å²) in [7, 11) is 0. The van der Waals surface area contributed by atoms with E-state index in [9.17, 15) is 4.79 Å². The Kier molecular flexibility index (Phi) is 6.25. The van der Waals surface area contributed by atoms with Crippen LogP contribution in [0.4, 0.5) is 0 Å². The van der Waals surface area contributed by atoms with Crippen LogP contribution in [0.25, 0.3) is 0 Å². The third-order valence-corrected chi connectivity index (χ3v) is 3.22. The molecule has 1 rings (SSSR count). The second kappa shape index (κ2) is 7.23. The predicted octanol–water partition coefficient (Wildman–Crippen LogP) is 1.62. The van der Waals surface area contributed by atoms with Crippen LogP contribution in [0.2, 0.25) is 0 Å². The van der Waals surface area contributed by atoms with Crippen molar-refractivity contribution in [2.24, 2.45) is 5.92 Å². The summed E-state index contributed by atoms with van der Waals surface area (Å²) in [5, 5.41) is 3.75. The minimum Gasteiger partial charge on any atom is -0.356 e. The summed E-state index contributed by atoms with van der Waals surface area (Å²) in [6.07, 6.45) is 3.04. The lowest BCUT2D eigenvalue weighted by atomic mass is 10.1. The van der Waals surface area contributed by atoms with Crippen molar-refractivity contribution in [1.82, 2.24) is 10.2 Å². The quantitative estimate of drug-likeness (QED) is 0.748. The lowest BCUT2D eigenvalue weighted by Gasteiger charge is -2.14. The van der Waals surface area contributed by atoms with Crippen LogP contribution < -0.4 is 5.32 Å². The number of alkyl halides is 1. The summed E-state index contributed by atoms with van der Waals surface area (Å²) in [6.45, 7) is 6.62. The lowest BCUT2D eigenvalue weighted by Crippen LogP contribution is -2.31. The Morgan fingerprint density at radius 2 is 2.40 bits per heavy atom. The highest BCUT2D eigenvalue weighted by Gasteiger charge is 2.21. The van der Waals surface area contributed by atoms with Crippen molar-refractivity contribution in [1.29, 1.82) is 0 Å². The Morgan fingerprint density at radius 1 is 1.60 bits per heavy atom. The van der Waals surface area contributed by atoms with Gasteiger partial charge in [0.25, 0.3) is 0 Å². The first-order valence-corrected chi connectivity index (χ1v) is 6.93. The molecule has 0 aliphatic carbocycles. The molecule has 1 fully saturated rings. The smallest absolute Gasteiger partial charge is 0.220 e. The van der Waals surface area contributed by atoms with Crippen LogP contribution in [0.1, 0.15) is 26.2 Å². The zero-order valence-electron chi connectivity index (χ0n) is 9.47. The number of nitrogens with zero attached hydrogens (tertiary/aromatic N) is 1. The Bertz CT molecular complexity index is 199. The molecule has 0 spiro atoms. The van der Waals surface area contributed by atoms with Gasteiger partial charge in [-0.2, -0.15) is 0 Å². The summed E-state index contributed by atoms with van der Waals surface area (Å²) in [5.74, 6) is 0.830. The predicted molar refractivity (Wildman–Crippen MR) is 66.3 cm³/mol. The van der Waals surface area contributed by atoms with Gasteiger partial charge in [0.1, 0.15) is 0 Å². The van der Waals surface area contributed by atoms with Gasteiger partial charge in [0.15, 0.2) is 0 Å². The molecule has 15 heavy (non-hydrogen) atoms. The number of likely N-dealkylation sites (tertiary alicyclic amines) is 1. The molecule has 1 aliphatic rings. The van der Waals surface area contributed by atoms with E-state index in [2.05, 4.69) is 33.1 Å². The van der Waals surface area contributed by atoms with E-state index in [1.54, 1.807) is 0 Å². The number of carbonyl (C=O) groups is 1. The molecule has 1 saturated heterocycles. The van der Waals surface area contributed by atoms with Gasteiger partial charge in [0.2, 0.25) is 5.91 Å². The zero-order chi connectivity index (χ0) is 11.1. The highest BCUT2D eigenvalue weighted by molar-refractivity contribution is 9.09. The van der Waals surface area contributed by atoms with Crippen molar-refractivity contribution in [3.63, 3.8) is 0 Å². The Morgan fingerprint density at radius 3 is 3.07 bits per heavy atom. The highest BCUT2D eigenvalue weighted by Crippen LogP contribution is 2.15. The molecule has 1 aliphatic heterocycles. The fourth-order valence-electron chi connectivity index (χ4n) is 2.03. The molecule has 1 amide bonds. The largest absolute Gasteiger partial charge is 0.356 e. The van der Waals surface area contributed by atoms with E-state index in [1.165, 1.54) is 25.9 Å². The van der Waals surface area contributed by atoms with E-state index in [0.717, 1.165) is 18.4 Å². The zero-order valence-corrected chi connectivity index (χ0v) is 11.1. The van der Waals surface area contributed by atoms with Gasteiger partial charge in [-0.3, -0.25) is 4.79 Å². The van der Waals surface area contributed by atoms with E-state index in [4.69, 9.17) is 0 Å². The van der Waals surface area contributed by atoms with E-state index >= 15 is 0 Å². The van der Waals surface area contributed by atoms with E-state index in [1.807, 2.05) is 0 Å². The number of amides is 1. The standard InChI is InChI=1S/C11H21BrN2O/c1-2-6-14-7-4-10(9-14)8-13-11(15)3-5-12/h10H,2-9H2,1H3,(H,13,15). The third kappa shape index (κ3) is 4.98. The molecule has 1 N–H and O–H groups in total. The lowest BCUT2D eigenvalue weighted by molar-refractivity contribution is -0.120. The Balaban J connectivity index is 2.10. The second-order valence-electron chi connectivity index (χ2n) is 4.20. The topological polar surface area (TPSA) is 32.3 Å². The van der Waals surface area contributed by atoms with Crippen molar-refractivity contribution in [3.05, 3.63) is 0 Å². The van der Waals surface area contributed by atoms with Crippen molar-refractivity contribution >= 4 is 21.8 Å². The molecule has 3 nitrogen and oxygen atoms in total. The van der Waals surface area contributed by atoms with Crippen LogP contribution in [-0.4, -0.2) is 42.3 Å². The number of halogens is 1. The number of carbonyl (C=O) groups excluding carboxylic acids is 1. The molecule has 88 valence electrons. The van der Waals surface area contributed by atoms with Crippen molar-refractivity contribution in [2.75, 3.05) is 31.5 Å². The van der Waals surface area contributed by atoms with Gasteiger partial charge < -0.3 is 10.2 Å². The van der Waals surface area contributed by atoms with Crippen molar-refractivity contribution in [3.8, 4) is 0 Å². The first-order chi connectivity index (χ1) is 7.26. The van der Waals surface area contributed by atoms with Crippen LogP contribution >= 0.6 is 15.9 Å². The van der Waals surface area contributed by atoms with Crippen LogP contribution in [0.3, 0.4) is 0 Å².